The minimum absolute atomic E-state index is 0.145. The summed E-state index contributed by atoms with van der Waals surface area (Å²) in [6.45, 7) is 2.27. The number of hydrogen-bond acceptors (Lipinski definition) is 2. The van der Waals surface area contributed by atoms with Crippen LogP contribution in [-0.4, -0.2) is 15.5 Å². The predicted octanol–water partition coefficient (Wildman–Crippen LogP) is 2.72. The number of rotatable bonds is 5. The normalized spacial score (nSPS) is 11.9. The number of aromatic amines is 1. The average molecular weight is 321 g/mol. The molecule has 0 aliphatic rings. The molecule has 0 bridgehead atoms. The molecule has 0 fully saturated rings. The minimum atomic E-state index is -0.295. The topological polar surface area (TPSA) is 66.9 Å². The van der Waals surface area contributed by atoms with Crippen molar-refractivity contribution in [1.82, 2.24) is 14.9 Å². The van der Waals surface area contributed by atoms with Crippen molar-refractivity contribution in [1.29, 1.82) is 0 Å². The summed E-state index contributed by atoms with van der Waals surface area (Å²) in [5, 5.41) is 2.93. The van der Waals surface area contributed by atoms with Gasteiger partial charge in [-0.1, -0.05) is 60.7 Å². The molecular formula is C19H19N3O2. The molecule has 5 heteroatoms. The number of imidazole rings is 1. The van der Waals surface area contributed by atoms with Gasteiger partial charge in [0.25, 0.3) is 5.91 Å². The first-order chi connectivity index (χ1) is 11.6. The molecule has 0 aliphatic carbocycles. The standard InChI is InChI=1S/C19H19N3O2/c1-14(16-10-6-3-7-11-16)21-18(23)17-12-20-19(24)22(17)13-15-8-4-2-5-9-15/h2-12,14H,13H2,1H3,(H,20,24)(H,21,23). The third-order valence-electron chi connectivity index (χ3n) is 3.93. The van der Waals surface area contributed by atoms with Gasteiger partial charge >= 0.3 is 5.69 Å². The second kappa shape index (κ2) is 7.00. The van der Waals surface area contributed by atoms with Crippen molar-refractivity contribution in [3.05, 3.63) is 94.2 Å². The maximum absolute atomic E-state index is 12.6. The second-order valence-corrected chi connectivity index (χ2v) is 5.66. The minimum Gasteiger partial charge on any atom is -0.344 e. The van der Waals surface area contributed by atoms with Crippen LogP contribution in [0.2, 0.25) is 0 Å². The van der Waals surface area contributed by atoms with Gasteiger partial charge in [0, 0.05) is 6.20 Å². The number of benzene rings is 2. The van der Waals surface area contributed by atoms with Crippen molar-refractivity contribution >= 4 is 5.91 Å². The molecule has 0 saturated carbocycles. The number of hydrogen-bond donors (Lipinski definition) is 2. The Labute approximate surface area is 140 Å². The van der Waals surface area contributed by atoms with Gasteiger partial charge in [-0.05, 0) is 18.1 Å². The first kappa shape index (κ1) is 15.8. The zero-order chi connectivity index (χ0) is 16.9. The predicted molar refractivity (Wildman–Crippen MR) is 92.9 cm³/mol. The van der Waals surface area contributed by atoms with Gasteiger partial charge in [-0.3, -0.25) is 9.36 Å². The molecule has 2 aromatic carbocycles. The molecule has 0 spiro atoms. The molecule has 1 amide bonds. The highest BCUT2D eigenvalue weighted by molar-refractivity contribution is 5.92. The van der Waals surface area contributed by atoms with Gasteiger partial charge in [-0.25, -0.2) is 4.79 Å². The van der Waals surface area contributed by atoms with E-state index in [1.165, 1.54) is 10.8 Å². The van der Waals surface area contributed by atoms with E-state index in [1.54, 1.807) is 0 Å². The molecule has 0 aliphatic heterocycles. The molecule has 1 aromatic heterocycles. The highest BCUT2D eigenvalue weighted by Gasteiger charge is 2.17. The molecule has 5 nitrogen and oxygen atoms in total. The summed E-state index contributed by atoms with van der Waals surface area (Å²) in [4.78, 5) is 27.2. The average Bonchev–Trinajstić information content (AvgIpc) is 2.97. The smallest absolute Gasteiger partial charge is 0.326 e. The fourth-order valence-corrected chi connectivity index (χ4v) is 2.60. The van der Waals surface area contributed by atoms with Crippen molar-refractivity contribution in [2.75, 3.05) is 0 Å². The summed E-state index contributed by atoms with van der Waals surface area (Å²) in [6, 6.07) is 19.1. The lowest BCUT2D eigenvalue weighted by Gasteiger charge is -2.15. The lowest BCUT2D eigenvalue weighted by Crippen LogP contribution is -2.31. The molecule has 2 N–H and O–H groups in total. The lowest BCUT2D eigenvalue weighted by molar-refractivity contribution is 0.0930. The fourth-order valence-electron chi connectivity index (χ4n) is 2.60. The molecule has 1 unspecified atom stereocenters. The number of nitrogens with one attached hydrogen (secondary N) is 2. The Hall–Kier alpha value is -3.08. The third kappa shape index (κ3) is 3.46. The molecule has 3 aromatic rings. The van der Waals surface area contributed by atoms with E-state index in [0.717, 1.165) is 11.1 Å². The number of carbonyl (C=O) groups is 1. The molecule has 0 saturated heterocycles. The first-order valence-electron chi connectivity index (χ1n) is 7.83. The van der Waals surface area contributed by atoms with Gasteiger partial charge in [-0.2, -0.15) is 0 Å². The number of H-pyrrole nitrogens is 1. The van der Waals surface area contributed by atoms with E-state index < -0.39 is 0 Å². The Kier molecular flexibility index (Phi) is 4.61. The van der Waals surface area contributed by atoms with Crippen LogP contribution in [0, 0.1) is 0 Å². The summed E-state index contributed by atoms with van der Waals surface area (Å²) in [5.41, 5.74) is 2.01. The zero-order valence-electron chi connectivity index (χ0n) is 13.4. The zero-order valence-corrected chi connectivity index (χ0v) is 13.4. The van der Waals surface area contributed by atoms with Crippen molar-refractivity contribution in [3.8, 4) is 0 Å². The van der Waals surface area contributed by atoms with Gasteiger partial charge in [0.1, 0.15) is 5.69 Å². The van der Waals surface area contributed by atoms with Gasteiger partial charge in [0.2, 0.25) is 0 Å². The monoisotopic (exact) mass is 321 g/mol. The molecule has 24 heavy (non-hydrogen) atoms. The lowest BCUT2D eigenvalue weighted by atomic mass is 10.1. The van der Waals surface area contributed by atoms with Gasteiger partial charge in [0.15, 0.2) is 0 Å². The molecule has 3 rings (SSSR count). The fraction of sp³-hybridized carbons (Fsp3) is 0.158. The van der Waals surface area contributed by atoms with E-state index in [0.29, 0.717) is 12.2 Å². The van der Waals surface area contributed by atoms with E-state index >= 15 is 0 Å². The van der Waals surface area contributed by atoms with E-state index in [2.05, 4.69) is 10.3 Å². The van der Waals surface area contributed by atoms with Crippen molar-refractivity contribution in [2.45, 2.75) is 19.5 Å². The Morgan fingerprint density at radius 1 is 1.08 bits per heavy atom. The quantitative estimate of drug-likeness (QED) is 0.759. The van der Waals surface area contributed by atoms with Crippen LogP contribution >= 0.6 is 0 Å². The van der Waals surface area contributed by atoms with Gasteiger partial charge < -0.3 is 10.3 Å². The van der Waals surface area contributed by atoms with E-state index in [9.17, 15) is 9.59 Å². The van der Waals surface area contributed by atoms with Crippen LogP contribution in [0.5, 0.6) is 0 Å². The Balaban J connectivity index is 1.80. The van der Waals surface area contributed by atoms with Crippen molar-refractivity contribution in [2.24, 2.45) is 0 Å². The third-order valence-corrected chi connectivity index (χ3v) is 3.93. The van der Waals surface area contributed by atoms with Crippen LogP contribution in [-0.2, 0) is 6.54 Å². The summed E-state index contributed by atoms with van der Waals surface area (Å²) in [6.07, 6.45) is 1.46. The number of amides is 1. The maximum atomic E-state index is 12.6. The first-order valence-corrected chi connectivity index (χ1v) is 7.83. The van der Waals surface area contributed by atoms with Gasteiger partial charge in [0.05, 0.1) is 12.6 Å². The van der Waals surface area contributed by atoms with E-state index in [1.807, 2.05) is 67.6 Å². The van der Waals surface area contributed by atoms with Crippen LogP contribution < -0.4 is 11.0 Å². The SMILES string of the molecule is CC(NC(=O)c1c[nH]c(=O)n1Cc1ccccc1)c1ccccc1. The number of aromatic nitrogens is 2. The molecule has 1 atom stereocenters. The Morgan fingerprint density at radius 3 is 2.38 bits per heavy atom. The Morgan fingerprint density at radius 2 is 1.71 bits per heavy atom. The second-order valence-electron chi connectivity index (χ2n) is 5.66. The molecule has 122 valence electrons. The van der Waals surface area contributed by atoms with Crippen LogP contribution in [0.3, 0.4) is 0 Å². The summed E-state index contributed by atoms with van der Waals surface area (Å²) < 4.78 is 1.45. The molecule has 0 radical (unpaired) electrons. The van der Waals surface area contributed by atoms with Crippen LogP contribution in [0.15, 0.2) is 71.7 Å². The van der Waals surface area contributed by atoms with Crippen molar-refractivity contribution < 1.29 is 4.79 Å². The van der Waals surface area contributed by atoms with E-state index in [4.69, 9.17) is 0 Å². The highest BCUT2D eigenvalue weighted by atomic mass is 16.2. The number of carbonyl (C=O) groups excluding carboxylic acids is 1. The van der Waals surface area contributed by atoms with Crippen LogP contribution in [0.25, 0.3) is 0 Å². The number of nitrogens with zero attached hydrogens (tertiary/aromatic N) is 1. The molecule has 1 heterocycles. The largest absolute Gasteiger partial charge is 0.344 e. The van der Waals surface area contributed by atoms with Crippen LogP contribution in [0.4, 0.5) is 0 Å². The van der Waals surface area contributed by atoms with Crippen LogP contribution in [0.1, 0.15) is 34.6 Å². The molecular weight excluding hydrogens is 302 g/mol. The van der Waals surface area contributed by atoms with E-state index in [-0.39, 0.29) is 17.6 Å². The maximum Gasteiger partial charge on any atom is 0.326 e. The summed E-state index contributed by atoms with van der Waals surface area (Å²) in [7, 11) is 0. The van der Waals surface area contributed by atoms with Crippen molar-refractivity contribution in [3.63, 3.8) is 0 Å². The summed E-state index contributed by atoms with van der Waals surface area (Å²) >= 11 is 0. The Bertz CT molecular complexity index is 866. The summed E-state index contributed by atoms with van der Waals surface area (Å²) in [5.74, 6) is -0.277. The highest BCUT2D eigenvalue weighted by Crippen LogP contribution is 2.12. The van der Waals surface area contributed by atoms with Gasteiger partial charge in [-0.15, -0.1) is 0 Å².